The molecule has 4 aliphatic rings. The third-order valence-electron chi connectivity index (χ3n) is 7.44. The van der Waals surface area contributed by atoms with Crippen molar-refractivity contribution in [3.63, 3.8) is 0 Å². The zero-order valence-corrected chi connectivity index (χ0v) is 18.1. The molecule has 2 fully saturated rings. The molecule has 0 bridgehead atoms. The topological polar surface area (TPSA) is 50.8 Å². The summed E-state index contributed by atoms with van der Waals surface area (Å²) < 4.78 is 11.9. The van der Waals surface area contributed by atoms with Gasteiger partial charge in [0.05, 0.1) is 5.41 Å². The van der Waals surface area contributed by atoms with Gasteiger partial charge in [0.15, 0.2) is 5.60 Å². The molecule has 5 rings (SSSR count). The van der Waals surface area contributed by atoms with Gasteiger partial charge in [0, 0.05) is 19.5 Å². The molecule has 1 aliphatic carbocycles. The van der Waals surface area contributed by atoms with Crippen LogP contribution in [0.15, 0.2) is 60.6 Å². The molecule has 1 unspecified atom stereocenters. The first-order chi connectivity index (χ1) is 15.2. The number of carbonyl (C=O) groups excluding carboxylic acids is 1. The molecular weight excluding hydrogens is 388 g/mol. The van der Waals surface area contributed by atoms with E-state index in [4.69, 9.17) is 9.47 Å². The average Bonchev–Trinajstić information content (AvgIpc) is 3.17. The summed E-state index contributed by atoms with van der Waals surface area (Å²) >= 11 is 0. The fourth-order valence-corrected chi connectivity index (χ4v) is 5.43. The molecule has 0 aromatic heterocycles. The molecule has 31 heavy (non-hydrogen) atoms. The van der Waals surface area contributed by atoms with Gasteiger partial charge in [0.25, 0.3) is 0 Å². The summed E-state index contributed by atoms with van der Waals surface area (Å²) in [5, 5.41) is 3.02. The Labute approximate surface area is 184 Å². The van der Waals surface area contributed by atoms with Crippen LogP contribution in [0.4, 0.5) is 0 Å². The number of ether oxygens (including phenoxy) is 2. The first-order valence-electron chi connectivity index (χ1n) is 11.6. The van der Waals surface area contributed by atoms with Gasteiger partial charge in [0.2, 0.25) is 5.91 Å². The Morgan fingerprint density at radius 2 is 1.90 bits per heavy atom. The third kappa shape index (κ3) is 4.16. The van der Waals surface area contributed by atoms with Gasteiger partial charge in [-0.05, 0) is 56.3 Å². The van der Waals surface area contributed by atoms with E-state index >= 15 is 0 Å². The zero-order valence-electron chi connectivity index (χ0n) is 18.1. The summed E-state index contributed by atoms with van der Waals surface area (Å²) in [4.78, 5) is 14.7. The number of nitrogens with one attached hydrogen (secondary N) is 1. The predicted octanol–water partition coefficient (Wildman–Crippen LogP) is 4.17. The van der Waals surface area contributed by atoms with Crippen molar-refractivity contribution < 1.29 is 14.3 Å². The van der Waals surface area contributed by atoms with Gasteiger partial charge in [0.1, 0.15) is 19.1 Å². The number of hydrogen-bond donors (Lipinski definition) is 1. The molecule has 1 aromatic carbocycles. The highest BCUT2D eigenvalue weighted by atomic mass is 16.6. The number of likely N-dealkylation sites (tertiary alicyclic amines) is 1. The number of allylic oxidation sites excluding steroid dienone is 3. The Morgan fingerprint density at radius 3 is 2.55 bits per heavy atom. The van der Waals surface area contributed by atoms with E-state index in [0.29, 0.717) is 6.61 Å². The Hall–Kier alpha value is -2.53. The summed E-state index contributed by atoms with van der Waals surface area (Å²) in [6.07, 6.45) is 15.9. The van der Waals surface area contributed by atoms with Crippen LogP contribution in [0.2, 0.25) is 0 Å². The standard InChI is InChI=1S/C26H32N2O3/c29-24-25(10-13-27-24)11-14-28(15-12-25)19-22-6-8-23(9-7-22)26(20-30-16-17-31-26)18-21-4-2-1-3-5-21/h1-2,4,6-9,16-17H,3,5,10-15,18-20H2,(H,27,29). The maximum Gasteiger partial charge on any atom is 0.226 e. The van der Waals surface area contributed by atoms with E-state index in [1.807, 2.05) is 0 Å². The monoisotopic (exact) mass is 420 g/mol. The normalized spacial score (nSPS) is 27.5. The van der Waals surface area contributed by atoms with Gasteiger partial charge in [-0.15, -0.1) is 0 Å². The summed E-state index contributed by atoms with van der Waals surface area (Å²) in [6.45, 7) is 4.28. The molecule has 1 aromatic rings. The van der Waals surface area contributed by atoms with Crippen LogP contribution >= 0.6 is 0 Å². The highest BCUT2D eigenvalue weighted by Gasteiger charge is 2.44. The quantitative estimate of drug-likeness (QED) is 0.777. The Balaban J connectivity index is 1.25. The molecule has 5 heteroatoms. The molecule has 5 nitrogen and oxygen atoms in total. The molecule has 1 N–H and O–H groups in total. The van der Waals surface area contributed by atoms with Gasteiger partial charge in [-0.3, -0.25) is 9.69 Å². The van der Waals surface area contributed by atoms with Crippen LogP contribution in [-0.4, -0.2) is 37.0 Å². The van der Waals surface area contributed by atoms with E-state index < -0.39 is 5.60 Å². The second-order valence-electron chi connectivity index (χ2n) is 9.42. The van der Waals surface area contributed by atoms with E-state index in [9.17, 15) is 4.79 Å². The number of piperidine rings is 1. The number of rotatable bonds is 5. The van der Waals surface area contributed by atoms with Crippen LogP contribution in [0.5, 0.6) is 0 Å². The number of nitrogens with zero attached hydrogens (tertiary/aromatic N) is 1. The molecule has 3 heterocycles. The van der Waals surface area contributed by atoms with E-state index in [-0.39, 0.29) is 11.3 Å². The fourth-order valence-electron chi connectivity index (χ4n) is 5.43. The number of amides is 1. The van der Waals surface area contributed by atoms with Gasteiger partial charge < -0.3 is 14.8 Å². The highest BCUT2D eigenvalue weighted by molar-refractivity contribution is 5.84. The lowest BCUT2D eigenvalue weighted by Crippen LogP contribution is -2.43. The lowest BCUT2D eigenvalue weighted by atomic mass is 9.77. The average molecular weight is 421 g/mol. The van der Waals surface area contributed by atoms with Gasteiger partial charge in [-0.1, -0.05) is 48.1 Å². The smallest absolute Gasteiger partial charge is 0.226 e. The molecule has 164 valence electrons. The molecule has 1 atom stereocenters. The summed E-state index contributed by atoms with van der Waals surface area (Å²) in [6, 6.07) is 8.85. The van der Waals surface area contributed by atoms with E-state index in [1.54, 1.807) is 12.5 Å². The van der Waals surface area contributed by atoms with E-state index in [0.717, 1.165) is 70.3 Å². The summed E-state index contributed by atoms with van der Waals surface area (Å²) in [5.74, 6) is 0.272. The minimum atomic E-state index is -0.461. The fraction of sp³-hybridized carbons (Fsp3) is 0.500. The number of hydrogen-bond acceptors (Lipinski definition) is 4. The summed E-state index contributed by atoms with van der Waals surface area (Å²) in [7, 11) is 0. The molecule has 0 saturated carbocycles. The first-order valence-corrected chi connectivity index (χ1v) is 11.6. The number of carbonyl (C=O) groups is 1. The molecule has 1 spiro atoms. The zero-order chi connectivity index (χ0) is 21.2. The largest absolute Gasteiger partial charge is 0.493 e. The first kappa shape index (κ1) is 20.4. The molecule has 1 amide bonds. The minimum absolute atomic E-state index is 0.0957. The van der Waals surface area contributed by atoms with Crippen LogP contribution in [0.3, 0.4) is 0 Å². The van der Waals surface area contributed by atoms with Crippen molar-refractivity contribution in [1.29, 1.82) is 0 Å². The van der Waals surface area contributed by atoms with Crippen LogP contribution in [0.25, 0.3) is 0 Å². The minimum Gasteiger partial charge on any atom is -0.493 e. The number of benzene rings is 1. The molecular formula is C26H32N2O3. The molecule has 2 saturated heterocycles. The van der Waals surface area contributed by atoms with Crippen molar-refractivity contribution in [2.24, 2.45) is 5.41 Å². The predicted molar refractivity (Wildman–Crippen MR) is 120 cm³/mol. The van der Waals surface area contributed by atoms with Crippen molar-refractivity contribution in [1.82, 2.24) is 10.2 Å². The molecule has 3 aliphatic heterocycles. The van der Waals surface area contributed by atoms with Crippen molar-refractivity contribution >= 4 is 5.91 Å². The molecule has 0 radical (unpaired) electrons. The Bertz CT molecular complexity index is 894. The Morgan fingerprint density at radius 1 is 1.06 bits per heavy atom. The van der Waals surface area contributed by atoms with E-state index in [1.165, 1.54) is 11.1 Å². The van der Waals surface area contributed by atoms with Crippen LogP contribution in [0, 0.1) is 5.41 Å². The van der Waals surface area contributed by atoms with Crippen LogP contribution in [-0.2, 0) is 26.4 Å². The van der Waals surface area contributed by atoms with Crippen molar-refractivity contribution in [2.45, 2.75) is 50.7 Å². The maximum atomic E-state index is 12.2. The van der Waals surface area contributed by atoms with Crippen molar-refractivity contribution in [2.75, 3.05) is 26.2 Å². The SMILES string of the molecule is O=C1NCCC12CCN(Cc1ccc(C3(CC4=CC=CCC4)COC=CO3)cc1)CC2. The lowest BCUT2D eigenvalue weighted by molar-refractivity contribution is -0.130. The van der Waals surface area contributed by atoms with Gasteiger partial charge in [-0.25, -0.2) is 0 Å². The third-order valence-corrected chi connectivity index (χ3v) is 7.44. The summed E-state index contributed by atoms with van der Waals surface area (Å²) in [5.41, 5.74) is 3.32. The Kier molecular flexibility index (Phi) is 5.61. The van der Waals surface area contributed by atoms with E-state index in [2.05, 4.69) is 52.7 Å². The van der Waals surface area contributed by atoms with Gasteiger partial charge >= 0.3 is 0 Å². The highest BCUT2D eigenvalue weighted by Crippen LogP contribution is 2.39. The second kappa shape index (κ2) is 8.54. The maximum absolute atomic E-state index is 12.2. The van der Waals surface area contributed by atoms with Crippen LogP contribution in [0.1, 0.15) is 49.7 Å². The van der Waals surface area contributed by atoms with Crippen LogP contribution < -0.4 is 5.32 Å². The second-order valence-corrected chi connectivity index (χ2v) is 9.42. The van der Waals surface area contributed by atoms with Gasteiger partial charge in [-0.2, -0.15) is 0 Å². The van der Waals surface area contributed by atoms with Crippen molar-refractivity contribution in [3.05, 3.63) is 71.7 Å². The lowest BCUT2D eigenvalue weighted by Gasteiger charge is -2.38. The van der Waals surface area contributed by atoms with Crippen molar-refractivity contribution in [3.8, 4) is 0 Å².